The van der Waals surface area contributed by atoms with Crippen LogP contribution < -0.4 is 47.0 Å². The minimum Gasteiger partial charge on any atom is -0.756 e. The number of aromatic nitrogens is 6. The van der Waals surface area contributed by atoms with Gasteiger partial charge in [-0.1, -0.05) is 6.42 Å². The first-order chi connectivity index (χ1) is 39.4. The number of nitrogens with one attached hydrogen (secondary N) is 3. The SMILES string of the molecule is Nc1ncnc2c1nc(NCCCCCNC(=S)NCCCCCN(Cc1cc(-c3ccco3)cc(CN(CC(=O)[O-])CC(=O)[O-])n1)Cc1cc(-c3ccco3)cc(CN(CC(=O)[O-])CC(=O)[O-])n1)n2[C@@H]1O[C@@H]2COP(=O)([O-])OC2[C@@H]1O. The van der Waals surface area contributed by atoms with Gasteiger partial charge >= 0.3 is 0 Å². The van der Waals surface area contributed by atoms with E-state index in [1.54, 1.807) is 36.4 Å². The molecule has 31 heteroatoms. The molecular weight excluding hydrogens is 1110 g/mol. The molecule has 6 N–H and O–H groups in total. The number of anilines is 2. The molecule has 2 fully saturated rings. The van der Waals surface area contributed by atoms with Gasteiger partial charge in [-0.2, -0.15) is 0 Å². The topological polar surface area (TPSA) is 416 Å². The quantitative estimate of drug-likeness (QED) is 0.0164. The summed E-state index contributed by atoms with van der Waals surface area (Å²) in [5.74, 6) is -4.58. The number of nitrogens with zero attached hydrogens (tertiary/aromatic N) is 9. The van der Waals surface area contributed by atoms with Gasteiger partial charge in [-0.3, -0.25) is 33.8 Å². The van der Waals surface area contributed by atoms with E-state index in [4.69, 9.17) is 50.5 Å². The van der Waals surface area contributed by atoms with E-state index in [2.05, 4.69) is 35.8 Å². The van der Waals surface area contributed by atoms with Crippen molar-refractivity contribution in [2.45, 2.75) is 89.2 Å². The molecule has 2 aliphatic heterocycles. The number of hydrogen-bond donors (Lipinski definition) is 5. The maximum atomic E-state index is 12.0. The first kappa shape index (κ1) is 60.6. The Labute approximate surface area is 474 Å². The summed E-state index contributed by atoms with van der Waals surface area (Å²) in [7, 11) is -4.61. The Kier molecular flexibility index (Phi) is 21.0. The number of furan rings is 2. The van der Waals surface area contributed by atoms with Crippen molar-refractivity contribution in [3.05, 3.63) is 90.2 Å². The second-order valence-electron chi connectivity index (χ2n) is 19.5. The fourth-order valence-electron chi connectivity index (χ4n) is 9.55. The third-order valence-corrected chi connectivity index (χ3v) is 14.3. The van der Waals surface area contributed by atoms with Crippen LogP contribution >= 0.6 is 20.0 Å². The second-order valence-corrected chi connectivity index (χ2v) is 21.2. The number of nitrogens with two attached hydrogens (primary N) is 1. The summed E-state index contributed by atoms with van der Waals surface area (Å²) in [6.07, 6.45) is 4.09. The van der Waals surface area contributed by atoms with E-state index < -0.39 is 82.4 Å². The Morgan fingerprint density at radius 3 is 1.72 bits per heavy atom. The van der Waals surface area contributed by atoms with Crippen molar-refractivity contribution in [2.24, 2.45) is 0 Å². The van der Waals surface area contributed by atoms with Crippen LogP contribution in [0.3, 0.4) is 0 Å². The first-order valence-corrected chi connectivity index (χ1v) is 28.0. The number of rotatable bonds is 32. The Hall–Kier alpha value is -7.51. The number of ether oxygens (including phenoxy) is 1. The lowest BCUT2D eigenvalue weighted by molar-refractivity contribution is -0.313. The van der Waals surface area contributed by atoms with Gasteiger partial charge < -0.3 is 93.9 Å². The molecule has 0 saturated carbocycles. The largest absolute Gasteiger partial charge is 0.756 e. The van der Waals surface area contributed by atoms with Crippen molar-refractivity contribution in [3.63, 3.8) is 0 Å². The van der Waals surface area contributed by atoms with Crippen LogP contribution in [0.4, 0.5) is 11.8 Å². The van der Waals surface area contributed by atoms with Crippen LogP contribution in [0.15, 0.2) is 76.2 Å². The highest BCUT2D eigenvalue weighted by molar-refractivity contribution is 7.80. The Morgan fingerprint density at radius 1 is 0.720 bits per heavy atom. The van der Waals surface area contributed by atoms with E-state index in [-0.39, 0.29) is 55.7 Å². The van der Waals surface area contributed by atoms with Crippen molar-refractivity contribution in [1.29, 1.82) is 0 Å². The molecule has 29 nitrogen and oxygen atoms in total. The number of hydrogen-bond acceptors (Lipinski definition) is 27. The number of thiocarbonyl (C=S) groups is 1. The molecule has 0 spiro atoms. The summed E-state index contributed by atoms with van der Waals surface area (Å²) in [4.78, 5) is 85.2. The molecule has 0 aliphatic carbocycles. The highest BCUT2D eigenvalue weighted by atomic mass is 32.1. The fourth-order valence-corrected chi connectivity index (χ4v) is 10.7. The molecule has 2 aliphatic rings. The summed E-state index contributed by atoms with van der Waals surface area (Å²) in [5, 5.41) is 67.7. The Balaban J connectivity index is 0.868. The minimum atomic E-state index is -4.61. The molecule has 2 saturated heterocycles. The molecule has 2 unspecified atom stereocenters. The highest BCUT2D eigenvalue weighted by Gasteiger charge is 2.51. The third-order valence-electron chi connectivity index (χ3n) is 13.0. The molecule has 6 aromatic rings. The fraction of sp³-hybridized carbons (Fsp3) is 0.451. The van der Waals surface area contributed by atoms with Crippen molar-refractivity contribution in [1.82, 2.24) is 54.8 Å². The number of phosphoric acid groups is 1. The summed E-state index contributed by atoms with van der Waals surface area (Å²) in [5.41, 5.74) is 9.59. The van der Waals surface area contributed by atoms with Crippen LogP contribution in [0.2, 0.25) is 0 Å². The number of fused-ring (bicyclic) bond motifs is 2. The van der Waals surface area contributed by atoms with Gasteiger partial charge in [0.15, 0.2) is 28.3 Å². The zero-order chi connectivity index (χ0) is 58.3. The molecule has 8 heterocycles. The van der Waals surface area contributed by atoms with Gasteiger partial charge in [0, 0.05) is 83.1 Å². The number of carboxylic acids is 4. The van der Waals surface area contributed by atoms with E-state index >= 15 is 0 Å². The van der Waals surface area contributed by atoms with E-state index in [1.165, 1.54) is 23.4 Å². The first-order valence-electron chi connectivity index (χ1n) is 26.1. The van der Waals surface area contributed by atoms with Crippen LogP contribution in [0.25, 0.3) is 33.8 Å². The second kappa shape index (κ2) is 28.5. The van der Waals surface area contributed by atoms with Gasteiger partial charge in [0.1, 0.15) is 36.2 Å². The normalized spacial score (nSPS) is 18.7. The molecule has 82 heavy (non-hydrogen) atoms. The van der Waals surface area contributed by atoms with Gasteiger partial charge in [-0.15, -0.1) is 0 Å². The number of unbranched alkanes of at least 4 members (excludes halogenated alkanes) is 4. The van der Waals surface area contributed by atoms with Crippen molar-refractivity contribution in [2.75, 3.05) is 70.0 Å². The summed E-state index contributed by atoms with van der Waals surface area (Å²) < 4.78 is 40.7. The van der Waals surface area contributed by atoms with E-state index in [0.29, 0.717) is 89.6 Å². The van der Waals surface area contributed by atoms with E-state index in [1.807, 2.05) is 12.1 Å². The summed E-state index contributed by atoms with van der Waals surface area (Å²) in [6, 6.07) is 13.8. The number of carbonyl (C=O) groups excluding carboxylic acids is 4. The zero-order valence-corrected chi connectivity index (χ0v) is 45.8. The average molecular weight is 1170 g/mol. The predicted molar refractivity (Wildman–Crippen MR) is 281 cm³/mol. The predicted octanol–water partition coefficient (Wildman–Crippen LogP) is -2.62. The number of pyridine rings is 2. The number of carboxylic acid groups (broad SMARTS) is 4. The van der Waals surface area contributed by atoms with Crippen molar-refractivity contribution >= 4 is 72.0 Å². The van der Waals surface area contributed by atoms with Crippen LogP contribution in [0.1, 0.15) is 67.5 Å². The molecule has 440 valence electrons. The highest BCUT2D eigenvalue weighted by Crippen LogP contribution is 2.50. The average Bonchev–Trinajstić information content (AvgIpc) is 4.45. The lowest BCUT2D eigenvalue weighted by Crippen LogP contribution is -2.43. The zero-order valence-electron chi connectivity index (χ0n) is 44.1. The van der Waals surface area contributed by atoms with Crippen molar-refractivity contribution < 1.29 is 76.8 Å². The van der Waals surface area contributed by atoms with Gasteiger partial charge in [-0.05, 0) is 99.4 Å². The number of phosphoric ester groups is 1. The van der Waals surface area contributed by atoms with Gasteiger partial charge in [-0.25, -0.2) is 15.0 Å². The number of aliphatic carboxylic acids is 4. The standard InChI is InChI=1S/C51H64N13O16PS/c52-47-44-48(57-30-56-47)64(49-45(73)46-39(79-49)29-78-81(74,75)80-46)50(60-44)53-11-3-1-4-12-54-51(82)55-13-5-2-6-14-61(21-33-17-31(37-9-7-15-76-37)19-35(58-33)23-62(25-40(65)66)26-41(67)68)22-34-18-32(38-10-8-16-77-38)20-36(59-34)24-63(27-42(69)70)28-43(71)72/h7-10,15-20,30,39,45-46,49,73H,1-6,11-14,21-29H2,(H,53,60)(H,65,66)(H,67,68)(H,69,70)(H,71,72)(H,74,75)(H2,52,56,57)(H2,54,55,82)/p-5/t39-,45+,46?,49-/m1/s1. The van der Waals surface area contributed by atoms with Gasteiger partial charge in [0.25, 0.3) is 7.82 Å². The molecule has 0 radical (unpaired) electrons. The van der Waals surface area contributed by atoms with Crippen LogP contribution in [-0.2, 0) is 63.7 Å². The molecule has 6 aromatic heterocycles. The molecule has 0 bridgehead atoms. The Bertz CT molecular complexity index is 3050. The molecule has 5 atom stereocenters. The van der Waals surface area contributed by atoms with Crippen LogP contribution in [0.5, 0.6) is 0 Å². The maximum absolute atomic E-state index is 12.0. The van der Waals surface area contributed by atoms with E-state index in [0.717, 1.165) is 35.5 Å². The van der Waals surface area contributed by atoms with Crippen LogP contribution in [-0.4, -0.2) is 156 Å². The number of aliphatic hydroxyl groups is 1. The molecule has 0 aromatic carbocycles. The van der Waals surface area contributed by atoms with Crippen LogP contribution in [0, 0.1) is 0 Å². The molecule has 0 amide bonds. The number of nitrogen functional groups attached to an aromatic ring is 1. The Morgan fingerprint density at radius 2 is 1.22 bits per heavy atom. The third kappa shape index (κ3) is 17.3. The lowest BCUT2D eigenvalue weighted by Gasteiger charge is -2.34. The monoisotopic (exact) mass is 1170 g/mol. The maximum Gasteiger partial charge on any atom is 0.268 e. The molecular formula is C51H59N13O16PS-5. The lowest BCUT2D eigenvalue weighted by atomic mass is 10.1. The number of aliphatic hydroxyl groups excluding tert-OH is 1. The van der Waals surface area contributed by atoms with E-state index in [9.17, 15) is 54.2 Å². The number of imidazole rings is 1. The number of carbonyl (C=O) groups is 4. The van der Waals surface area contributed by atoms with Gasteiger partial charge in [0.2, 0.25) is 5.95 Å². The minimum absolute atomic E-state index is 0.103. The summed E-state index contributed by atoms with van der Waals surface area (Å²) in [6.45, 7) is -0.898. The van der Waals surface area contributed by atoms with Crippen molar-refractivity contribution in [3.8, 4) is 22.6 Å². The summed E-state index contributed by atoms with van der Waals surface area (Å²) >= 11 is 5.57. The molecule has 8 rings (SSSR count). The van der Waals surface area contributed by atoms with Gasteiger partial charge in [0.05, 0.1) is 65.8 Å². The smallest absolute Gasteiger partial charge is 0.268 e.